The number of benzene rings is 1. The van der Waals surface area contributed by atoms with Crippen LogP contribution in [0.2, 0.25) is 0 Å². The van der Waals surface area contributed by atoms with Crippen LogP contribution in [0, 0.1) is 6.92 Å². The summed E-state index contributed by atoms with van der Waals surface area (Å²) in [6, 6.07) is 6.55. The zero-order valence-corrected chi connectivity index (χ0v) is 19.0. The average Bonchev–Trinajstić information content (AvgIpc) is 3.06. The smallest absolute Gasteiger partial charge is 0.542 e. The number of aryl methyl sites for hydroxylation is 1. The van der Waals surface area contributed by atoms with Gasteiger partial charge in [-0.15, -0.1) is 0 Å². The second-order valence-corrected chi connectivity index (χ2v) is 7.75. The van der Waals surface area contributed by atoms with Crippen LogP contribution in [0.3, 0.4) is 0 Å². The van der Waals surface area contributed by atoms with Crippen LogP contribution in [0.15, 0.2) is 53.8 Å². The zero-order valence-electron chi connectivity index (χ0n) is 16.2. The monoisotopic (exact) mass is 446 g/mol. The minimum absolute atomic E-state index is 0. The second-order valence-electron chi connectivity index (χ2n) is 6.15. The van der Waals surface area contributed by atoms with Gasteiger partial charge in [-0.25, -0.2) is 13.4 Å². The standard InChI is InChI=1S/C18H15F3N4O3S.Na/c1-11-7-13(9-22-8-11)17-23-16(18(19,20)21)10-25(17)14-3-5-15(6-4-14)29(27,28)24-12(2)26;/h3-10H,1-2H3,(H,24,26);/q;+1/p-1. The quantitative estimate of drug-likeness (QED) is 0.555. The van der Waals surface area contributed by atoms with Crippen molar-refractivity contribution in [1.29, 1.82) is 0 Å². The van der Waals surface area contributed by atoms with Crippen molar-refractivity contribution in [2.24, 2.45) is 0 Å². The maximum Gasteiger partial charge on any atom is 1.00 e. The maximum absolute atomic E-state index is 13.2. The fraction of sp³-hybridized carbons (Fsp3) is 0.167. The van der Waals surface area contributed by atoms with Crippen LogP contribution in [0.4, 0.5) is 13.2 Å². The third-order valence-corrected chi connectivity index (χ3v) is 5.16. The molecule has 0 saturated carbocycles. The van der Waals surface area contributed by atoms with E-state index in [2.05, 4.69) is 14.7 Å². The summed E-state index contributed by atoms with van der Waals surface area (Å²) in [5, 5.41) is 0. The van der Waals surface area contributed by atoms with Gasteiger partial charge >= 0.3 is 35.7 Å². The van der Waals surface area contributed by atoms with Crippen LogP contribution in [0.1, 0.15) is 18.2 Å². The van der Waals surface area contributed by atoms with Crippen LogP contribution in [0.5, 0.6) is 0 Å². The van der Waals surface area contributed by atoms with Crippen LogP contribution in [-0.4, -0.2) is 28.9 Å². The largest absolute Gasteiger partial charge is 1.00 e. The Morgan fingerprint density at radius 1 is 1.13 bits per heavy atom. The number of halogens is 3. The molecule has 0 spiro atoms. The fourth-order valence-corrected chi connectivity index (χ4v) is 3.52. The molecule has 0 aliphatic heterocycles. The Bertz CT molecular complexity index is 1180. The fourth-order valence-electron chi connectivity index (χ4n) is 2.60. The number of sulfonamides is 1. The number of carbonyl (C=O) groups is 1. The minimum atomic E-state index is -4.67. The molecular formula is C18H14F3N4NaO3S. The van der Waals surface area contributed by atoms with Crippen LogP contribution < -0.4 is 29.6 Å². The number of rotatable bonds is 4. The van der Waals surface area contributed by atoms with Crippen molar-refractivity contribution >= 4 is 15.9 Å². The Hall–Kier alpha value is -2.21. The molecule has 0 N–H and O–H groups in total. The molecule has 0 unspecified atom stereocenters. The van der Waals surface area contributed by atoms with E-state index in [4.69, 9.17) is 0 Å². The van der Waals surface area contributed by atoms with Crippen molar-refractivity contribution < 1.29 is 55.9 Å². The van der Waals surface area contributed by atoms with Gasteiger partial charge in [-0.1, -0.05) is 0 Å². The van der Waals surface area contributed by atoms with Gasteiger partial charge in [0.1, 0.15) is 15.8 Å². The SMILES string of the molecule is CC(=O)[N-]S(=O)(=O)c1ccc(-n2cc(C(F)(F)F)nc2-c2cncc(C)c2)cc1.[Na+]. The molecule has 0 radical (unpaired) electrons. The summed E-state index contributed by atoms with van der Waals surface area (Å²) in [6.07, 6.45) is -0.905. The Kier molecular flexibility index (Phi) is 7.12. The average molecular weight is 446 g/mol. The van der Waals surface area contributed by atoms with E-state index in [1.807, 2.05) is 0 Å². The first-order valence-corrected chi connectivity index (χ1v) is 9.59. The minimum Gasteiger partial charge on any atom is -0.542 e. The molecule has 30 heavy (non-hydrogen) atoms. The van der Waals surface area contributed by atoms with Gasteiger partial charge in [-0.2, -0.15) is 13.2 Å². The summed E-state index contributed by atoms with van der Waals surface area (Å²) in [5.74, 6) is -0.884. The van der Waals surface area contributed by atoms with Crippen molar-refractivity contribution in [3.63, 3.8) is 0 Å². The van der Waals surface area contributed by atoms with Crippen molar-refractivity contribution in [3.05, 3.63) is 64.9 Å². The molecule has 2 heterocycles. The number of hydrogen-bond donors (Lipinski definition) is 0. The van der Waals surface area contributed by atoms with E-state index >= 15 is 0 Å². The van der Waals surface area contributed by atoms with Gasteiger partial charge in [-0.05, 0) is 49.7 Å². The summed E-state index contributed by atoms with van der Waals surface area (Å²) >= 11 is 0. The molecule has 12 heteroatoms. The number of carbonyl (C=O) groups excluding carboxylic acids is 1. The molecule has 0 fully saturated rings. The van der Waals surface area contributed by atoms with E-state index < -0.39 is 27.8 Å². The molecule has 1 aromatic carbocycles. The van der Waals surface area contributed by atoms with E-state index in [1.165, 1.54) is 22.9 Å². The van der Waals surface area contributed by atoms with Gasteiger partial charge in [0.25, 0.3) is 0 Å². The van der Waals surface area contributed by atoms with Crippen LogP contribution in [-0.2, 0) is 21.0 Å². The molecule has 2 aromatic heterocycles. The van der Waals surface area contributed by atoms with Gasteiger partial charge < -0.3 is 9.52 Å². The Morgan fingerprint density at radius 2 is 1.77 bits per heavy atom. The van der Waals surface area contributed by atoms with Crippen molar-refractivity contribution in [1.82, 2.24) is 14.5 Å². The molecule has 152 valence electrons. The van der Waals surface area contributed by atoms with Crippen molar-refractivity contribution in [3.8, 4) is 17.1 Å². The summed E-state index contributed by atoms with van der Waals surface area (Å²) in [6.45, 7) is 2.74. The molecule has 0 aliphatic carbocycles. The molecule has 3 rings (SSSR count). The van der Waals surface area contributed by atoms with E-state index in [1.54, 1.807) is 19.2 Å². The predicted molar refractivity (Wildman–Crippen MR) is 97.8 cm³/mol. The van der Waals surface area contributed by atoms with Crippen molar-refractivity contribution in [2.75, 3.05) is 0 Å². The topological polar surface area (TPSA) is 96.0 Å². The third-order valence-electron chi connectivity index (χ3n) is 3.79. The molecule has 0 aliphatic rings. The molecule has 0 atom stereocenters. The number of imidazole rings is 1. The van der Waals surface area contributed by atoms with Gasteiger partial charge in [-0.3, -0.25) is 9.55 Å². The molecule has 3 aromatic rings. The van der Waals surface area contributed by atoms with Gasteiger partial charge in [0.2, 0.25) is 0 Å². The third kappa shape index (κ3) is 5.28. The number of aromatic nitrogens is 3. The molecular weight excluding hydrogens is 432 g/mol. The van der Waals surface area contributed by atoms with Gasteiger partial charge in [0.05, 0.1) is 10.8 Å². The van der Waals surface area contributed by atoms with E-state index in [0.29, 0.717) is 5.56 Å². The molecule has 0 bridgehead atoms. The first-order valence-electron chi connectivity index (χ1n) is 8.15. The molecule has 1 amide bonds. The summed E-state index contributed by atoms with van der Waals surface area (Å²) in [5.41, 5.74) is 0.241. The van der Waals surface area contributed by atoms with E-state index in [0.717, 1.165) is 30.8 Å². The summed E-state index contributed by atoms with van der Waals surface area (Å²) in [4.78, 5) is 18.4. The first-order chi connectivity index (χ1) is 13.5. The molecule has 0 saturated heterocycles. The Morgan fingerprint density at radius 3 is 2.30 bits per heavy atom. The van der Waals surface area contributed by atoms with E-state index in [-0.39, 0.29) is 46.0 Å². The number of alkyl halides is 3. The number of amides is 1. The normalized spacial score (nSPS) is 11.6. The number of pyridine rings is 1. The summed E-state index contributed by atoms with van der Waals surface area (Å²) < 4.78 is 67.9. The first kappa shape index (κ1) is 24.1. The summed E-state index contributed by atoms with van der Waals surface area (Å²) in [7, 11) is -4.18. The van der Waals surface area contributed by atoms with E-state index in [9.17, 15) is 26.4 Å². The zero-order chi connectivity index (χ0) is 21.4. The Balaban J connectivity index is 0.00000320. The number of hydrogen-bond acceptors (Lipinski definition) is 5. The van der Waals surface area contributed by atoms with Gasteiger partial charge in [0.15, 0.2) is 5.69 Å². The Labute approximate surface area is 192 Å². The van der Waals surface area contributed by atoms with Gasteiger partial charge in [0, 0.05) is 29.8 Å². The molecule has 7 nitrogen and oxygen atoms in total. The van der Waals surface area contributed by atoms with Crippen LogP contribution >= 0.6 is 0 Å². The van der Waals surface area contributed by atoms with Crippen LogP contribution in [0.25, 0.3) is 21.8 Å². The van der Waals surface area contributed by atoms with Crippen molar-refractivity contribution in [2.45, 2.75) is 24.9 Å². The maximum atomic E-state index is 13.2. The number of nitrogens with zero attached hydrogens (tertiary/aromatic N) is 4. The predicted octanol–water partition coefficient (Wildman–Crippen LogP) is 0.874. The second kappa shape index (κ2) is 8.88.